The number of carboxylic acids is 1. The van der Waals surface area contributed by atoms with E-state index in [0.29, 0.717) is 17.7 Å². The maximum absolute atomic E-state index is 14.2. The summed E-state index contributed by atoms with van der Waals surface area (Å²) in [5.74, 6) is -0.427. The smallest absolute Gasteiger partial charge is 0.307 e. The lowest BCUT2D eigenvalue weighted by Crippen LogP contribution is -2.06. The van der Waals surface area contributed by atoms with E-state index < -0.39 is 5.97 Å². The molecular formula is C19H16BrFO3. The van der Waals surface area contributed by atoms with Crippen molar-refractivity contribution in [2.75, 3.05) is 0 Å². The average molecular weight is 391 g/mol. The van der Waals surface area contributed by atoms with Crippen LogP contribution in [0.3, 0.4) is 0 Å². The van der Waals surface area contributed by atoms with Crippen LogP contribution >= 0.6 is 15.9 Å². The molecule has 0 aromatic heterocycles. The van der Waals surface area contributed by atoms with E-state index in [-0.39, 0.29) is 23.8 Å². The van der Waals surface area contributed by atoms with E-state index in [9.17, 15) is 9.18 Å². The van der Waals surface area contributed by atoms with Crippen LogP contribution in [0.1, 0.15) is 41.6 Å². The molecule has 1 fully saturated rings. The largest absolute Gasteiger partial charge is 0.486 e. The number of benzene rings is 2. The highest BCUT2D eigenvalue weighted by Crippen LogP contribution is 2.48. The number of carbonyl (C=O) groups is 1. The van der Waals surface area contributed by atoms with Gasteiger partial charge in [0.25, 0.3) is 0 Å². The first-order valence-electron chi connectivity index (χ1n) is 8.01. The van der Waals surface area contributed by atoms with Crippen molar-refractivity contribution in [2.24, 2.45) is 5.92 Å². The van der Waals surface area contributed by atoms with Crippen LogP contribution in [0.25, 0.3) is 0 Å². The lowest BCUT2D eigenvalue weighted by Gasteiger charge is -2.16. The number of fused-ring (bicyclic) bond motifs is 1. The van der Waals surface area contributed by atoms with E-state index in [0.717, 1.165) is 28.4 Å². The maximum Gasteiger partial charge on any atom is 0.307 e. The fraction of sp³-hybridized carbons (Fsp3) is 0.316. The second kappa shape index (κ2) is 5.88. The monoisotopic (exact) mass is 390 g/mol. The standard InChI is InChI=1S/C19H16BrFO3/c20-15-6-7-16(21)18-12(15)5-8-17(18)24-11-3-1-10(2-4-11)13-9-14(13)19(22)23/h1-4,6-7,13-14,17H,5,8-9H2,(H,22,23)/t13?,14?,17-/m1/s1. The van der Waals surface area contributed by atoms with Crippen LogP contribution in [0.4, 0.5) is 4.39 Å². The van der Waals surface area contributed by atoms with Gasteiger partial charge in [0.1, 0.15) is 17.7 Å². The van der Waals surface area contributed by atoms with Crippen molar-refractivity contribution in [2.45, 2.75) is 31.3 Å². The Bertz CT molecular complexity index is 803. The molecule has 2 aromatic carbocycles. The molecule has 0 saturated heterocycles. The Morgan fingerprint density at radius 3 is 2.62 bits per heavy atom. The van der Waals surface area contributed by atoms with Gasteiger partial charge in [-0.25, -0.2) is 4.39 Å². The lowest BCUT2D eigenvalue weighted by atomic mass is 10.1. The molecule has 1 N–H and O–H groups in total. The van der Waals surface area contributed by atoms with Gasteiger partial charge < -0.3 is 9.84 Å². The van der Waals surface area contributed by atoms with Crippen LogP contribution in [-0.4, -0.2) is 11.1 Å². The van der Waals surface area contributed by atoms with Crippen LogP contribution in [-0.2, 0) is 11.2 Å². The summed E-state index contributed by atoms with van der Waals surface area (Å²) in [5.41, 5.74) is 2.65. The quantitative estimate of drug-likeness (QED) is 0.811. The highest BCUT2D eigenvalue weighted by Gasteiger charge is 2.44. The van der Waals surface area contributed by atoms with Crippen LogP contribution in [0.5, 0.6) is 5.75 Å². The molecule has 2 aliphatic carbocycles. The fourth-order valence-electron chi connectivity index (χ4n) is 3.54. The van der Waals surface area contributed by atoms with E-state index in [4.69, 9.17) is 9.84 Å². The van der Waals surface area contributed by atoms with E-state index in [2.05, 4.69) is 15.9 Å². The van der Waals surface area contributed by atoms with Crippen LogP contribution in [0, 0.1) is 11.7 Å². The Hall–Kier alpha value is -1.88. The third-order valence-electron chi connectivity index (χ3n) is 4.92. The van der Waals surface area contributed by atoms with Crippen LogP contribution in [0.15, 0.2) is 40.9 Å². The second-order valence-corrected chi connectivity index (χ2v) is 7.28. The predicted molar refractivity (Wildman–Crippen MR) is 90.7 cm³/mol. The Balaban J connectivity index is 1.50. The zero-order valence-electron chi connectivity index (χ0n) is 12.8. The normalized spacial score (nSPS) is 24.5. The average Bonchev–Trinajstić information content (AvgIpc) is 3.26. The van der Waals surface area contributed by atoms with Crippen LogP contribution < -0.4 is 4.74 Å². The summed E-state index contributed by atoms with van der Waals surface area (Å²) in [7, 11) is 0. The minimum atomic E-state index is -0.732. The number of rotatable bonds is 4. The van der Waals surface area contributed by atoms with Crippen LogP contribution in [0.2, 0.25) is 0 Å². The van der Waals surface area contributed by atoms with Gasteiger partial charge in [-0.3, -0.25) is 4.79 Å². The van der Waals surface area contributed by atoms with Gasteiger partial charge in [-0.2, -0.15) is 0 Å². The highest BCUT2D eigenvalue weighted by molar-refractivity contribution is 9.10. The number of carboxylic acid groups (broad SMARTS) is 1. The van der Waals surface area contributed by atoms with Gasteiger partial charge in [0.2, 0.25) is 0 Å². The molecular weight excluding hydrogens is 375 g/mol. The molecule has 0 spiro atoms. The molecule has 2 aromatic rings. The molecule has 0 amide bonds. The summed E-state index contributed by atoms with van der Waals surface area (Å²) in [5, 5.41) is 9.01. The molecule has 0 heterocycles. The first-order chi connectivity index (χ1) is 11.5. The summed E-state index contributed by atoms with van der Waals surface area (Å²) in [6.07, 6.45) is 1.96. The first-order valence-corrected chi connectivity index (χ1v) is 8.80. The number of halogens is 2. The maximum atomic E-state index is 14.2. The van der Waals surface area contributed by atoms with Crippen molar-refractivity contribution >= 4 is 21.9 Å². The summed E-state index contributed by atoms with van der Waals surface area (Å²) < 4.78 is 21.1. The van der Waals surface area contributed by atoms with Crippen molar-refractivity contribution < 1.29 is 19.0 Å². The molecule has 0 radical (unpaired) electrons. The van der Waals surface area contributed by atoms with Crippen molar-refractivity contribution in [3.8, 4) is 5.75 Å². The molecule has 4 rings (SSSR count). The molecule has 0 bridgehead atoms. The topological polar surface area (TPSA) is 46.5 Å². The summed E-state index contributed by atoms with van der Waals surface area (Å²) in [6.45, 7) is 0. The molecule has 2 unspecified atom stereocenters. The minimum absolute atomic E-state index is 0.108. The first kappa shape index (κ1) is 15.6. The zero-order valence-corrected chi connectivity index (χ0v) is 14.4. The van der Waals surface area contributed by atoms with E-state index in [1.54, 1.807) is 6.07 Å². The summed E-state index contributed by atoms with van der Waals surface area (Å²) in [6, 6.07) is 10.7. The van der Waals surface area contributed by atoms with Gasteiger partial charge in [0.05, 0.1) is 5.92 Å². The van der Waals surface area contributed by atoms with E-state index >= 15 is 0 Å². The molecule has 3 atom stereocenters. The molecule has 2 aliphatic rings. The SMILES string of the molecule is O=C(O)C1CC1c1ccc(O[C@@H]2CCc3c(Br)ccc(F)c32)cc1. The highest BCUT2D eigenvalue weighted by atomic mass is 79.9. The molecule has 3 nitrogen and oxygen atoms in total. The van der Waals surface area contributed by atoms with E-state index in [1.165, 1.54) is 6.07 Å². The minimum Gasteiger partial charge on any atom is -0.486 e. The van der Waals surface area contributed by atoms with Gasteiger partial charge in [-0.1, -0.05) is 28.1 Å². The zero-order chi connectivity index (χ0) is 16.8. The third kappa shape index (κ3) is 2.71. The fourth-order valence-corrected chi connectivity index (χ4v) is 4.09. The summed E-state index contributed by atoms with van der Waals surface area (Å²) in [4.78, 5) is 11.0. The molecule has 5 heteroatoms. The summed E-state index contributed by atoms with van der Waals surface area (Å²) >= 11 is 3.47. The third-order valence-corrected chi connectivity index (χ3v) is 5.66. The Labute approximate surface area is 147 Å². The Morgan fingerprint density at radius 1 is 1.21 bits per heavy atom. The number of hydrogen-bond donors (Lipinski definition) is 1. The Morgan fingerprint density at radius 2 is 1.96 bits per heavy atom. The predicted octanol–water partition coefficient (Wildman–Crippen LogP) is 4.84. The van der Waals surface area contributed by atoms with Gasteiger partial charge in [-0.15, -0.1) is 0 Å². The molecule has 0 aliphatic heterocycles. The van der Waals surface area contributed by atoms with Gasteiger partial charge in [0, 0.05) is 10.0 Å². The molecule has 24 heavy (non-hydrogen) atoms. The van der Waals surface area contributed by atoms with Gasteiger partial charge in [0.15, 0.2) is 0 Å². The van der Waals surface area contributed by atoms with Crippen molar-refractivity contribution in [3.05, 3.63) is 63.4 Å². The number of ether oxygens (including phenoxy) is 1. The lowest BCUT2D eigenvalue weighted by molar-refractivity contribution is -0.138. The van der Waals surface area contributed by atoms with Crippen molar-refractivity contribution in [1.29, 1.82) is 0 Å². The van der Waals surface area contributed by atoms with Crippen molar-refractivity contribution in [1.82, 2.24) is 0 Å². The molecule has 1 saturated carbocycles. The molecule has 124 valence electrons. The Kier molecular flexibility index (Phi) is 3.83. The van der Waals surface area contributed by atoms with Crippen molar-refractivity contribution in [3.63, 3.8) is 0 Å². The number of aliphatic carboxylic acids is 1. The second-order valence-electron chi connectivity index (χ2n) is 6.42. The van der Waals surface area contributed by atoms with Gasteiger partial charge >= 0.3 is 5.97 Å². The number of hydrogen-bond acceptors (Lipinski definition) is 2. The van der Waals surface area contributed by atoms with E-state index in [1.807, 2.05) is 24.3 Å². The van der Waals surface area contributed by atoms with Gasteiger partial charge in [-0.05, 0) is 60.6 Å².